The van der Waals surface area contributed by atoms with E-state index in [2.05, 4.69) is 10.3 Å². The number of nitrogens with one attached hydrogen (secondary N) is 1. The molecule has 2 rings (SSSR count). The lowest BCUT2D eigenvalue weighted by Crippen LogP contribution is -2.21. The summed E-state index contributed by atoms with van der Waals surface area (Å²) in [5, 5.41) is 2.73. The van der Waals surface area contributed by atoms with Crippen molar-refractivity contribution >= 4 is 28.8 Å². The molecule has 0 atom stereocenters. The fourth-order valence-corrected chi connectivity index (χ4v) is 1.93. The molecule has 21 heavy (non-hydrogen) atoms. The molecule has 0 fully saturated rings. The van der Waals surface area contributed by atoms with Gasteiger partial charge < -0.3 is 15.8 Å². The lowest BCUT2D eigenvalue weighted by Gasteiger charge is -2.10. The van der Waals surface area contributed by atoms with Crippen LogP contribution in [-0.4, -0.2) is 22.5 Å². The molecule has 5 nitrogen and oxygen atoms in total. The fraction of sp³-hybridized carbons (Fsp3) is 0.133. The van der Waals surface area contributed by atoms with E-state index in [1.165, 1.54) is 0 Å². The van der Waals surface area contributed by atoms with Gasteiger partial charge in [-0.05, 0) is 31.2 Å². The minimum atomic E-state index is -0.265. The van der Waals surface area contributed by atoms with E-state index in [0.29, 0.717) is 17.0 Å². The summed E-state index contributed by atoms with van der Waals surface area (Å²) in [4.78, 5) is 16.2. The van der Waals surface area contributed by atoms with Crippen molar-refractivity contribution in [1.29, 1.82) is 0 Å². The summed E-state index contributed by atoms with van der Waals surface area (Å²) < 4.78 is 5.47. The summed E-state index contributed by atoms with van der Waals surface area (Å²) in [5.41, 5.74) is 7.72. The third kappa shape index (κ3) is 4.25. The molecule has 1 amide bonds. The number of benzene rings is 1. The first-order chi connectivity index (χ1) is 10.1. The number of thiocarbonyl (C=S) groups is 1. The number of hydrogen-bond donors (Lipinski definition) is 2. The van der Waals surface area contributed by atoms with E-state index in [1.54, 1.807) is 42.6 Å². The van der Waals surface area contributed by atoms with Gasteiger partial charge in [-0.15, -0.1) is 0 Å². The predicted molar refractivity (Wildman–Crippen MR) is 85.4 cm³/mol. The maximum Gasteiger partial charge on any atom is 0.262 e. The lowest BCUT2D eigenvalue weighted by atomic mass is 10.2. The van der Waals surface area contributed by atoms with E-state index in [1.807, 2.05) is 6.92 Å². The first kappa shape index (κ1) is 14.9. The Morgan fingerprint density at radius 1 is 1.38 bits per heavy atom. The average molecular weight is 301 g/mol. The van der Waals surface area contributed by atoms with Gasteiger partial charge in [0, 0.05) is 17.6 Å². The van der Waals surface area contributed by atoms with Gasteiger partial charge in [0.15, 0.2) is 6.61 Å². The maximum absolute atomic E-state index is 11.9. The molecule has 6 heteroatoms. The smallest absolute Gasteiger partial charge is 0.262 e. The van der Waals surface area contributed by atoms with Crippen LogP contribution in [0.5, 0.6) is 5.75 Å². The summed E-state index contributed by atoms with van der Waals surface area (Å²) in [5.74, 6) is 0.226. The third-order valence-electron chi connectivity index (χ3n) is 2.69. The van der Waals surface area contributed by atoms with Gasteiger partial charge in [0.05, 0.1) is 5.56 Å². The highest BCUT2D eigenvalue weighted by molar-refractivity contribution is 7.80. The molecule has 0 saturated carbocycles. The van der Waals surface area contributed by atoms with Crippen LogP contribution in [0.2, 0.25) is 0 Å². The van der Waals surface area contributed by atoms with E-state index >= 15 is 0 Å². The molecule has 0 aliphatic carbocycles. The molecule has 0 aliphatic heterocycles. The van der Waals surface area contributed by atoms with Crippen LogP contribution in [0.1, 0.15) is 11.3 Å². The summed E-state index contributed by atoms with van der Waals surface area (Å²) in [7, 11) is 0. The van der Waals surface area contributed by atoms with Crippen molar-refractivity contribution in [2.24, 2.45) is 5.73 Å². The second kappa shape index (κ2) is 6.81. The van der Waals surface area contributed by atoms with E-state index < -0.39 is 0 Å². The van der Waals surface area contributed by atoms with E-state index in [-0.39, 0.29) is 17.5 Å². The molecule has 0 unspecified atom stereocenters. The molecule has 1 heterocycles. The Kier molecular flexibility index (Phi) is 4.84. The van der Waals surface area contributed by atoms with Crippen LogP contribution in [0.3, 0.4) is 0 Å². The number of rotatable bonds is 5. The number of nitrogens with zero attached hydrogens (tertiary/aromatic N) is 1. The average Bonchev–Trinajstić information content (AvgIpc) is 2.45. The second-order valence-corrected chi connectivity index (χ2v) is 4.82. The van der Waals surface area contributed by atoms with Crippen molar-refractivity contribution in [3.05, 3.63) is 53.9 Å². The Labute approximate surface area is 128 Å². The second-order valence-electron chi connectivity index (χ2n) is 4.38. The highest BCUT2D eigenvalue weighted by Crippen LogP contribution is 2.17. The first-order valence-electron chi connectivity index (χ1n) is 6.30. The van der Waals surface area contributed by atoms with Crippen LogP contribution >= 0.6 is 12.2 Å². The number of carbonyl (C=O) groups excluding carboxylic acids is 1. The van der Waals surface area contributed by atoms with Gasteiger partial charge in [-0.2, -0.15) is 0 Å². The number of nitrogens with two attached hydrogens (primary N) is 1. The van der Waals surface area contributed by atoms with Crippen molar-refractivity contribution < 1.29 is 9.53 Å². The molecule has 0 saturated heterocycles. The summed E-state index contributed by atoms with van der Waals surface area (Å²) in [6.45, 7) is 1.73. The molecule has 0 radical (unpaired) electrons. The van der Waals surface area contributed by atoms with E-state index in [4.69, 9.17) is 22.7 Å². The molecule has 1 aromatic heterocycles. The molecule has 0 bridgehead atoms. The zero-order valence-electron chi connectivity index (χ0n) is 11.5. The topological polar surface area (TPSA) is 77.2 Å². The lowest BCUT2D eigenvalue weighted by molar-refractivity contribution is -0.118. The molecule has 108 valence electrons. The number of para-hydroxylation sites is 1. The molecule has 0 spiro atoms. The largest absolute Gasteiger partial charge is 0.483 e. The number of anilines is 1. The molecular weight excluding hydrogens is 286 g/mol. The van der Waals surface area contributed by atoms with Crippen LogP contribution < -0.4 is 15.8 Å². The summed E-state index contributed by atoms with van der Waals surface area (Å²) in [6.07, 6.45) is 1.63. The summed E-state index contributed by atoms with van der Waals surface area (Å²) >= 11 is 4.94. The normalized spacial score (nSPS) is 9.95. The number of ether oxygens (including phenoxy) is 1. The number of amides is 1. The number of carbonyl (C=O) groups is 1. The summed E-state index contributed by atoms with van der Waals surface area (Å²) in [6, 6.07) is 10.6. The van der Waals surface area contributed by atoms with Gasteiger partial charge in [-0.25, -0.2) is 0 Å². The first-order valence-corrected chi connectivity index (χ1v) is 6.71. The molecule has 1 aromatic carbocycles. The van der Waals surface area contributed by atoms with Gasteiger partial charge in [0.1, 0.15) is 10.7 Å². The minimum Gasteiger partial charge on any atom is -0.483 e. The number of pyridine rings is 1. The van der Waals surface area contributed by atoms with Crippen LogP contribution in [0, 0.1) is 6.92 Å². The van der Waals surface area contributed by atoms with Crippen molar-refractivity contribution in [2.75, 3.05) is 11.9 Å². The van der Waals surface area contributed by atoms with Crippen LogP contribution in [-0.2, 0) is 4.79 Å². The molecular formula is C15H15N3O2S. The monoisotopic (exact) mass is 301 g/mol. The standard InChI is InChI=1S/C15H15N3O2S/c1-10-8-11(6-7-17-10)18-14(19)9-20-13-5-3-2-4-12(13)15(16)21/h2-8H,9H2,1H3,(H2,16,21)(H,17,18,19). The number of hydrogen-bond acceptors (Lipinski definition) is 4. The highest BCUT2D eigenvalue weighted by atomic mass is 32.1. The van der Waals surface area contributed by atoms with Gasteiger partial charge in [0.2, 0.25) is 0 Å². The van der Waals surface area contributed by atoms with Crippen LogP contribution in [0.4, 0.5) is 5.69 Å². The molecule has 0 aliphatic rings. The molecule has 2 aromatic rings. The van der Waals surface area contributed by atoms with Gasteiger partial charge in [-0.3, -0.25) is 9.78 Å². The third-order valence-corrected chi connectivity index (χ3v) is 2.91. The van der Waals surface area contributed by atoms with Gasteiger partial charge in [-0.1, -0.05) is 24.4 Å². The Hall–Kier alpha value is -2.47. The van der Waals surface area contributed by atoms with E-state index in [0.717, 1.165) is 5.69 Å². The molecule has 3 N–H and O–H groups in total. The number of aromatic nitrogens is 1. The van der Waals surface area contributed by atoms with Crippen molar-refractivity contribution in [1.82, 2.24) is 4.98 Å². The number of aryl methyl sites for hydroxylation is 1. The zero-order valence-corrected chi connectivity index (χ0v) is 12.3. The van der Waals surface area contributed by atoms with E-state index in [9.17, 15) is 4.79 Å². The highest BCUT2D eigenvalue weighted by Gasteiger charge is 2.08. The maximum atomic E-state index is 11.9. The predicted octanol–water partition coefficient (Wildman–Crippen LogP) is 2.04. The SMILES string of the molecule is Cc1cc(NC(=O)COc2ccccc2C(N)=S)ccn1. The quantitative estimate of drug-likeness (QED) is 0.826. The van der Waals surface area contributed by atoms with Gasteiger partial charge >= 0.3 is 0 Å². The fourth-order valence-electron chi connectivity index (χ4n) is 1.76. The Morgan fingerprint density at radius 2 is 2.14 bits per heavy atom. The van der Waals surface area contributed by atoms with Crippen molar-refractivity contribution in [3.63, 3.8) is 0 Å². The minimum absolute atomic E-state index is 0.124. The Bertz CT molecular complexity index is 673. The van der Waals surface area contributed by atoms with Crippen LogP contribution in [0.25, 0.3) is 0 Å². The van der Waals surface area contributed by atoms with Gasteiger partial charge in [0.25, 0.3) is 5.91 Å². The Balaban J connectivity index is 1.97. The zero-order chi connectivity index (χ0) is 15.2. The van der Waals surface area contributed by atoms with Crippen LogP contribution in [0.15, 0.2) is 42.6 Å². The Morgan fingerprint density at radius 3 is 2.86 bits per heavy atom. The van der Waals surface area contributed by atoms with Crippen molar-refractivity contribution in [2.45, 2.75) is 6.92 Å². The van der Waals surface area contributed by atoms with Crippen molar-refractivity contribution in [3.8, 4) is 5.75 Å².